The zero-order chi connectivity index (χ0) is 21.3. The Kier molecular flexibility index (Phi) is 5.58. The number of hydrogen-bond acceptors (Lipinski definition) is 5. The van der Waals surface area contributed by atoms with Gasteiger partial charge in [-0.3, -0.25) is 0 Å². The Morgan fingerprint density at radius 2 is 2.00 bits per heavy atom. The van der Waals surface area contributed by atoms with Gasteiger partial charge in [-0.05, 0) is 54.7 Å². The Morgan fingerprint density at radius 3 is 2.70 bits per heavy atom. The van der Waals surface area contributed by atoms with Gasteiger partial charge in [0.15, 0.2) is 5.65 Å². The first-order valence-corrected chi connectivity index (χ1v) is 11.6. The maximum absolute atomic E-state index is 13.0. The summed E-state index contributed by atoms with van der Waals surface area (Å²) >= 11 is 0. The molecular formula is C22H25N5O2S. The fourth-order valence-corrected chi connectivity index (χ4v) is 5.54. The average Bonchev–Trinajstić information content (AvgIpc) is 3.34. The molecule has 0 aliphatic carbocycles. The number of imidazole rings is 1. The molecule has 0 N–H and O–H groups in total. The van der Waals surface area contributed by atoms with E-state index in [-0.39, 0.29) is 10.8 Å². The summed E-state index contributed by atoms with van der Waals surface area (Å²) in [5.74, 6) is 1.64. The smallest absolute Gasteiger partial charge is 0.243 e. The number of aromatic nitrogens is 3. The molecule has 1 aliphatic heterocycles. The van der Waals surface area contributed by atoms with E-state index in [4.69, 9.17) is 10.2 Å². The molecule has 4 rings (SSSR count). The molecule has 1 fully saturated rings. The van der Waals surface area contributed by atoms with Crippen LogP contribution in [0.25, 0.3) is 11.2 Å². The van der Waals surface area contributed by atoms with Crippen LogP contribution < -0.4 is 0 Å². The number of nitriles is 1. The maximum Gasteiger partial charge on any atom is 0.243 e. The maximum atomic E-state index is 13.0. The summed E-state index contributed by atoms with van der Waals surface area (Å²) in [5.41, 5.74) is 2.22. The minimum Gasteiger partial charge on any atom is -0.312 e. The van der Waals surface area contributed by atoms with E-state index >= 15 is 0 Å². The first-order valence-electron chi connectivity index (χ1n) is 10.2. The van der Waals surface area contributed by atoms with Crippen LogP contribution in [0, 0.1) is 23.2 Å². The SMILES string of the molecule is CC(C)Cn1c(C[C@@H]2CCN(S(=O)(=O)c3ccc(C#N)cc3)C2)nc2cccnc21. The molecule has 3 heterocycles. The summed E-state index contributed by atoms with van der Waals surface area (Å²) in [7, 11) is -3.56. The number of rotatable bonds is 6. The van der Waals surface area contributed by atoms with Crippen molar-refractivity contribution >= 4 is 21.2 Å². The summed E-state index contributed by atoms with van der Waals surface area (Å²) in [6, 6.07) is 12.0. The summed E-state index contributed by atoms with van der Waals surface area (Å²) in [5, 5.41) is 8.92. The van der Waals surface area contributed by atoms with Gasteiger partial charge in [-0.1, -0.05) is 13.8 Å². The van der Waals surface area contributed by atoms with Crippen LogP contribution in [-0.4, -0.2) is 40.3 Å². The highest BCUT2D eigenvalue weighted by Crippen LogP contribution is 2.28. The van der Waals surface area contributed by atoms with Crippen molar-refractivity contribution in [3.63, 3.8) is 0 Å². The largest absolute Gasteiger partial charge is 0.312 e. The van der Waals surface area contributed by atoms with Crippen molar-refractivity contribution in [2.45, 2.75) is 38.1 Å². The van der Waals surface area contributed by atoms with Gasteiger partial charge < -0.3 is 4.57 Å². The van der Waals surface area contributed by atoms with Crippen LogP contribution >= 0.6 is 0 Å². The van der Waals surface area contributed by atoms with Crippen LogP contribution in [0.5, 0.6) is 0 Å². The number of nitrogens with zero attached hydrogens (tertiary/aromatic N) is 5. The van der Waals surface area contributed by atoms with E-state index in [0.29, 0.717) is 24.6 Å². The summed E-state index contributed by atoms with van der Waals surface area (Å²) in [6.07, 6.45) is 3.31. The first-order chi connectivity index (χ1) is 14.4. The van der Waals surface area contributed by atoms with Crippen molar-refractivity contribution in [3.05, 3.63) is 54.0 Å². The Hall–Kier alpha value is -2.76. The van der Waals surface area contributed by atoms with Crippen molar-refractivity contribution in [1.82, 2.24) is 18.8 Å². The van der Waals surface area contributed by atoms with E-state index in [9.17, 15) is 8.42 Å². The summed E-state index contributed by atoms with van der Waals surface area (Å²) in [4.78, 5) is 9.54. The molecule has 2 aromatic heterocycles. The zero-order valence-corrected chi connectivity index (χ0v) is 18.0. The van der Waals surface area contributed by atoms with Crippen molar-refractivity contribution < 1.29 is 8.42 Å². The number of pyridine rings is 1. The Bertz CT molecular complexity index is 1190. The Balaban J connectivity index is 1.53. The molecule has 1 aliphatic rings. The Labute approximate surface area is 177 Å². The standard InChI is InChI=1S/C22H25N5O2S/c1-16(2)14-27-21(25-20-4-3-10-24-22(20)27)12-18-9-11-26(15-18)30(28,29)19-7-5-17(13-23)6-8-19/h3-8,10,16,18H,9,11-12,14-15H2,1-2H3/t18-/m0/s1. The van der Waals surface area contributed by atoms with E-state index in [0.717, 1.165) is 36.4 Å². The molecule has 30 heavy (non-hydrogen) atoms. The van der Waals surface area contributed by atoms with Gasteiger partial charge in [0, 0.05) is 32.3 Å². The highest BCUT2D eigenvalue weighted by atomic mass is 32.2. The minimum atomic E-state index is -3.56. The molecule has 0 bridgehead atoms. The normalized spacial score (nSPS) is 17.6. The van der Waals surface area contributed by atoms with E-state index in [1.165, 1.54) is 12.1 Å². The third-order valence-corrected chi connectivity index (χ3v) is 7.35. The Morgan fingerprint density at radius 1 is 1.23 bits per heavy atom. The molecule has 0 saturated carbocycles. The molecule has 8 heteroatoms. The lowest BCUT2D eigenvalue weighted by Crippen LogP contribution is -2.29. The molecule has 3 aromatic rings. The van der Waals surface area contributed by atoms with Crippen molar-refractivity contribution in [1.29, 1.82) is 5.26 Å². The predicted octanol–water partition coefficient (Wildman–Crippen LogP) is 3.21. The van der Waals surface area contributed by atoms with Crippen LogP contribution in [0.3, 0.4) is 0 Å². The van der Waals surface area contributed by atoms with E-state index < -0.39 is 10.0 Å². The monoisotopic (exact) mass is 423 g/mol. The van der Waals surface area contributed by atoms with Crippen molar-refractivity contribution in [2.24, 2.45) is 11.8 Å². The molecule has 7 nitrogen and oxygen atoms in total. The fraction of sp³-hybridized carbons (Fsp3) is 0.409. The van der Waals surface area contributed by atoms with Crippen molar-refractivity contribution in [2.75, 3.05) is 13.1 Å². The highest BCUT2D eigenvalue weighted by molar-refractivity contribution is 7.89. The molecule has 0 unspecified atom stereocenters. The first kappa shape index (κ1) is 20.5. The minimum absolute atomic E-state index is 0.209. The summed E-state index contributed by atoms with van der Waals surface area (Å²) < 4.78 is 29.7. The lowest BCUT2D eigenvalue weighted by atomic mass is 10.0. The highest BCUT2D eigenvalue weighted by Gasteiger charge is 2.33. The van der Waals surface area contributed by atoms with Gasteiger partial charge in [0.25, 0.3) is 0 Å². The summed E-state index contributed by atoms with van der Waals surface area (Å²) in [6.45, 7) is 6.14. The van der Waals surface area contributed by atoms with E-state index in [1.807, 2.05) is 18.2 Å². The third-order valence-electron chi connectivity index (χ3n) is 5.47. The topological polar surface area (TPSA) is 91.9 Å². The number of fused-ring (bicyclic) bond motifs is 1. The second-order valence-electron chi connectivity index (χ2n) is 8.24. The molecule has 1 atom stereocenters. The van der Waals surface area contributed by atoms with Gasteiger partial charge in [-0.2, -0.15) is 9.57 Å². The van der Waals surface area contributed by atoms with E-state index in [2.05, 4.69) is 23.4 Å². The lowest BCUT2D eigenvalue weighted by Gasteiger charge is -2.17. The molecule has 156 valence electrons. The van der Waals surface area contributed by atoms with Crippen LogP contribution in [0.4, 0.5) is 0 Å². The number of benzene rings is 1. The lowest BCUT2D eigenvalue weighted by molar-refractivity contribution is 0.444. The molecular weight excluding hydrogens is 398 g/mol. The van der Waals surface area contributed by atoms with Gasteiger partial charge in [0.1, 0.15) is 11.3 Å². The van der Waals surface area contributed by atoms with Crippen molar-refractivity contribution in [3.8, 4) is 6.07 Å². The predicted molar refractivity (Wildman–Crippen MR) is 114 cm³/mol. The van der Waals surface area contributed by atoms with Crippen LogP contribution in [0.2, 0.25) is 0 Å². The van der Waals surface area contributed by atoms with Gasteiger partial charge in [-0.15, -0.1) is 0 Å². The quantitative estimate of drug-likeness (QED) is 0.607. The zero-order valence-electron chi connectivity index (χ0n) is 17.2. The molecule has 1 saturated heterocycles. The third kappa shape index (κ3) is 3.95. The molecule has 0 radical (unpaired) electrons. The fourth-order valence-electron chi connectivity index (χ4n) is 4.01. The second kappa shape index (κ2) is 8.17. The van der Waals surface area contributed by atoms with Crippen LogP contribution in [0.1, 0.15) is 31.7 Å². The average molecular weight is 424 g/mol. The molecule has 0 amide bonds. The molecule has 1 aromatic carbocycles. The number of sulfonamides is 1. The van der Waals surface area contributed by atoms with Gasteiger partial charge >= 0.3 is 0 Å². The van der Waals surface area contributed by atoms with Gasteiger partial charge in [-0.25, -0.2) is 18.4 Å². The van der Waals surface area contributed by atoms with Crippen LogP contribution in [0.15, 0.2) is 47.5 Å². The molecule has 0 spiro atoms. The van der Waals surface area contributed by atoms with Gasteiger partial charge in [0.2, 0.25) is 10.0 Å². The van der Waals surface area contributed by atoms with Crippen LogP contribution in [-0.2, 0) is 23.0 Å². The van der Waals surface area contributed by atoms with Gasteiger partial charge in [0.05, 0.1) is 16.5 Å². The van der Waals surface area contributed by atoms with E-state index in [1.54, 1.807) is 22.6 Å². The second-order valence-corrected chi connectivity index (χ2v) is 10.2. The number of hydrogen-bond donors (Lipinski definition) is 0.